The number of rotatable bonds is 4. The van der Waals surface area contributed by atoms with E-state index in [0.717, 1.165) is 5.56 Å². The highest BCUT2D eigenvalue weighted by molar-refractivity contribution is 7.89. The molecule has 1 saturated heterocycles. The molecule has 3 N–H and O–H groups in total. The third kappa shape index (κ3) is 4.98. The fourth-order valence-corrected chi connectivity index (χ4v) is 3.30. The van der Waals surface area contributed by atoms with Crippen LogP contribution in [0.3, 0.4) is 0 Å². The van der Waals surface area contributed by atoms with Gasteiger partial charge in [-0.3, -0.25) is 0 Å². The lowest BCUT2D eigenvalue weighted by atomic mass is 10.2. The molecule has 1 heterocycles. The normalized spacial score (nSPS) is 18.8. The van der Waals surface area contributed by atoms with Crippen molar-refractivity contribution in [3.05, 3.63) is 35.6 Å². The third-order valence-corrected chi connectivity index (χ3v) is 4.33. The molecule has 1 aliphatic rings. The van der Waals surface area contributed by atoms with Crippen LogP contribution in [0.2, 0.25) is 0 Å². The van der Waals surface area contributed by atoms with E-state index >= 15 is 0 Å². The van der Waals surface area contributed by atoms with Crippen molar-refractivity contribution in [1.82, 2.24) is 10.2 Å². The highest BCUT2D eigenvalue weighted by Crippen LogP contribution is 2.17. The molecular formula is C13H18FN3O3S. The van der Waals surface area contributed by atoms with Gasteiger partial charge >= 0.3 is 6.03 Å². The Balaban J connectivity index is 1.80. The summed E-state index contributed by atoms with van der Waals surface area (Å²) in [5.41, 5.74) is 0.796. The molecule has 0 unspecified atom stereocenters. The van der Waals surface area contributed by atoms with Crippen LogP contribution in [-0.4, -0.2) is 38.2 Å². The van der Waals surface area contributed by atoms with Gasteiger partial charge in [-0.15, -0.1) is 0 Å². The van der Waals surface area contributed by atoms with Crippen LogP contribution in [0.25, 0.3) is 0 Å². The fourth-order valence-electron chi connectivity index (χ4n) is 2.37. The highest BCUT2D eigenvalue weighted by atomic mass is 32.2. The Morgan fingerprint density at radius 2 is 2.05 bits per heavy atom. The number of benzene rings is 1. The van der Waals surface area contributed by atoms with Crippen molar-refractivity contribution in [1.29, 1.82) is 0 Å². The van der Waals surface area contributed by atoms with Crippen LogP contribution < -0.4 is 10.5 Å². The molecular weight excluding hydrogens is 297 g/mol. The number of primary sulfonamides is 1. The van der Waals surface area contributed by atoms with E-state index in [4.69, 9.17) is 5.14 Å². The second-order valence-electron chi connectivity index (χ2n) is 5.22. The molecule has 21 heavy (non-hydrogen) atoms. The van der Waals surface area contributed by atoms with Gasteiger partial charge in [-0.1, -0.05) is 12.1 Å². The second-order valence-corrected chi connectivity index (χ2v) is 6.87. The number of sulfonamides is 1. The van der Waals surface area contributed by atoms with E-state index < -0.39 is 10.0 Å². The van der Waals surface area contributed by atoms with Gasteiger partial charge in [0.2, 0.25) is 10.0 Å². The molecule has 0 saturated carbocycles. The summed E-state index contributed by atoms with van der Waals surface area (Å²) >= 11 is 0. The van der Waals surface area contributed by atoms with Gasteiger partial charge in [0.1, 0.15) is 5.82 Å². The largest absolute Gasteiger partial charge is 0.334 e. The highest BCUT2D eigenvalue weighted by Gasteiger charge is 2.28. The van der Waals surface area contributed by atoms with Crippen LogP contribution in [0.5, 0.6) is 0 Å². The Hall–Kier alpha value is -1.67. The van der Waals surface area contributed by atoms with Crippen molar-refractivity contribution in [2.45, 2.75) is 13.0 Å². The predicted molar refractivity (Wildman–Crippen MR) is 76.3 cm³/mol. The van der Waals surface area contributed by atoms with Crippen molar-refractivity contribution in [3.63, 3.8) is 0 Å². The molecule has 6 nitrogen and oxygen atoms in total. The van der Waals surface area contributed by atoms with E-state index in [1.165, 1.54) is 12.1 Å². The zero-order valence-corrected chi connectivity index (χ0v) is 12.3. The number of nitrogens with one attached hydrogen (secondary N) is 1. The van der Waals surface area contributed by atoms with Crippen LogP contribution in [0, 0.1) is 11.7 Å². The lowest BCUT2D eigenvalue weighted by Crippen LogP contribution is -2.38. The minimum absolute atomic E-state index is 0.102. The quantitative estimate of drug-likeness (QED) is 0.854. The van der Waals surface area contributed by atoms with Crippen LogP contribution in [0.4, 0.5) is 9.18 Å². The molecule has 0 aromatic heterocycles. The molecule has 0 aliphatic carbocycles. The molecule has 1 fully saturated rings. The lowest BCUT2D eigenvalue weighted by Gasteiger charge is -2.17. The van der Waals surface area contributed by atoms with E-state index in [2.05, 4.69) is 5.32 Å². The van der Waals surface area contributed by atoms with E-state index in [9.17, 15) is 17.6 Å². The summed E-state index contributed by atoms with van der Waals surface area (Å²) in [5, 5.41) is 7.73. The Morgan fingerprint density at radius 1 is 1.38 bits per heavy atom. The van der Waals surface area contributed by atoms with Crippen molar-refractivity contribution < 1.29 is 17.6 Å². The van der Waals surface area contributed by atoms with Gasteiger partial charge in [0.15, 0.2) is 0 Å². The summed E-state index contributed by atoms with van der Waals surface area (Å²) < 4.78 is 34.8. The summed E-state index contributed by atoms with van der Waals surface area (Å²) in [6.45, 7) is 1.19. The zero-order valence-electron chi connectivity index (χ0n) is 11.5. The van der Waals surface area contributed by atoms with E-state index in [0.29, 0.717) is 26.1 Å². The Labute approximate surface area is 123 Å². The first-order valence-corrected chi connectivity index (χ1v) is 8.33. The number of carbonyl (C=O) groups is 1. The number of likely N-dealkylation sites (tertiary alicyclic amines) is 1. The first-order valence-electron chi connectivity index (χ1n) is 6.61. The van der Waals surface area contributed by atoms with Gasteiger partial charge in [-0.2, -0.15) is 0 Å². The van der Waals surface area contributed by atoms with Crippen molar-refractivity contribution in [3.8, 4) is 0 Å². The molecule has 0 spiro atoms. The Morgan fingerprint density at radius 3 is 2.67 bits per heavy atom. The molecule has 1 aromatic rings. The van der Waals surface area contributed by atoms with Crippen LogP contribution in [-0.2, 0) is 16.6 Å². The van der Waals surface area contributed by atoms with Gasteiger partial charge in [-0.05, 0) is 30.0 Å². The van der Waals surface area contributed by atoms with Gasteiger partial charge in [-0.25, -0.2) is 22.7 Å². The maximum absolute atomic E-state index is 12.8. The molecule has 0 bridgehead atoms. The third-order valence-electron chi connectivity index (χ3n) is 3.40. The van der Waals surface area contributed by atoms with Gasteiger partial charge in [0.05, 0.1) is 5.75 Å². The number of hydrogen-bond donors (Lipinski definition) is 2. The second kappa shape index (κ2) is 6.40. The minimum Gasteiger partial charge on any atom is -0.334 e. The molecule has 0 radical (unpaired) electrons. The summed E-state index contributed by atoms with van der Waals surface area (Å²) in [6.07, 6.45) is 0.625. The standard InChI is InChI=1S/C13H18FN3O3S/c14-12-3-1-10(2-4-12)7-16-13(18)17-6-5-11(8-17)9-21(15,19)20/h1-4,11H,5-9H2,(H,16,18)(H2,15,19,20)/t11-/m1/s1. The molecule has 1 aromatic carbocycles. The molecule has 2 rings (SSSR count). The average molecular weight is 315 g/mol. The first-order chi connectivity index (χ1) is 9.83. The number of hydrogen-bond acceptors (Lipinski definition) is 3. The monoisotopic (exact) mass is 315 g/mol. The van der Waals surface area contributed by atoms with Crippen molar-refractivity contribution in [2.24, 2.45) is 11.1 Å². The summed E-state index contributed by atoms with van der Waals surface area (Å²) in [7, 11) is -3.51. The van der Waals surface area contributed by atoms with Gasteiger partial charge in [0, 0.05) is 19.6 Å². The van der Waals surface area contributed by atoms with E-state index in [-0.39, 0.29) is 23.5 Å². The fraction of sp³-hybridized carbons (Fsp3) is 0.462. The number of halogens is 1. The molecule has 2 amide bonds. The Kier molecular flexibility index (Phi) is 4.79. The van der Waals surface area contributed by atoms with Crippen molar-refractivity contribution in [2.75, 3.05) is 18.8 Å². The topological polar surface area (TPSA) is 92.5 Å². The number of carbonyl (C=O) groups excluding carboxylic acids is 1. The number of urea groups is 1. The van der Waals surface area contributed by atoms with E-state index in [1.54, 1.807) is 17.0 Å². The first kappa shape index (κ1) is 15.7. The summed E-state index contributed by atoms with van der Waals surface area (Å²) in [6, 6.07) is 5.61. The Bertz CT molecular complexity index is 604. The summed E-state index contributed by atoms with van der Waals surface area (Å²) in [4.78, 5) is 13.5. The van der Waals surface area contributed by atoms with Gasteiger partial charge in [0.25, 0.3) is 0 Å². The molecule has 116 valence electrons. The SMILES string of the molecule is NS(=O)(=O)C[C@@H]1CCN(C(=O)NCc2ccc(F)cc2)C1. The zero-order chi connectivity index (χ0) is 15.5. The number of amides is 2. The predicted octanol–water partition coefficient (Wildman–Crippen LogP) is 0.646. The van der Waals surface area contributed by atoms with Crippen molar-refractivity contribution >= 4 is 16.1 Å². The maximum Gasteiger partial charge on any atom is 0.317 e. The van der Waals surface area contributed by atoms with E-state index in [1.807, 2.05) is 0 Å². The average Bonchev–Trinajstić information content (AvgIpc) is 2.84. The van der Waals surface area contributed by atoms with Crippen LogP contribution in [0.15, 0.2) is 24.3 Å². The molecule has 1 aliphatic heterocycles. The maximum atomic E-state index is 12.8. The summed E-state index contributed by atoms with van der Waals surface area (Å²) in [5.74, 6) is -0.540. The lowest BCUT2D eigenvalue weighted by molar-refractivity contribution is 0.207. The van der Waals surface area contributed by atoms with Crippen LogP contribution >= 0.6 is 0 Å². The number of nitrogens with zero attached hydrogens (tertiary/aromatic N) is 1. The smallest absolute Gasteiger partial charge is 0.317 e. The molecule has 8 heteroatoms. The minimum atomic E-state index is -3.51. The van der Waals surface area contributed by atoms with Crippen LogP contribution in [0.1, 0.15) is 12.0 Å². The number of nitrogens with two attached hydrogens (primary N) is 1. The van der Waals surface area contributed by atoms with Gasteiger partial charge < -0.3 is 10.2 Å². The molecule has 1 atom stereocenters.